The van der Waals surface area contributed by atoms with Gasteiger partial charge in [-0.1, -0.05) is 0 Å². The molecule has 0 saturated carbocycles. The van der Waals surface area contributed by atoms with Crippen LogP contribution in [0.25, 0.3) is 0 Å². The number of pyridine rings is 1. The minimum absolute atomic E-state index is 0.139. The first kappa shape index (κ1) is 12.5. The second-order valence-corrected chi connectivity index (χ2v) is 3.79. The highest BCUT2D eigenvalue weighted by Gasteiger charge is 2.19. The number of ketones is 2. The van der Waals surface area contributed by atoms with E-state index in [1.807, 2.05) is 0 Å². The summed E-state index contributed by atoms with van der Waals surface area (Å²) in [4.78, 5) is 37.2. The zero-order valence-electron chi connectivity index (χ0n) is 8.40. The zero-order chi connectivity index (χ0) is 12.1. The van der Waals surface area contributed by atoms with Crippen molar-refractivity contribution >= 4 is 33.5 Å². The lowest BCUT2D eigenvalue weighted by atomic mass is 10.1. The Morgan fingerprint density at radius 1 is 1.38 bits per heavy atom. The van der Waals surface area contributed by atoms with E-state index in [2.05, 4.69) is 25.7 Å². The lowest BCUT2D eigenvalue weighted by Gasteiger charge is -1.99. The number of ether oxygens (including phenoxy) is 1. The van der Waals surface area contributed by atoms with E-state index in [0.29, 0.717) is 0 Å². The van der Waals surface area contributed by atoms with Gasteiger partial charge in [-0.25, -0.2) is 4.79 Å². The Morgan fingerprint density at radius 2 is 2.06 bits per heavy atom. The van der Waals surface area contributed by atoms with Crippen LogP contribution in [-0.2, 0) is 14.3 Å². The highest BCUT2D eigenvalue weighted by molar-refractivity contribution is 9.10. The van der Waals surface area contributed by atoms with E-state index in [1.165, 1.54) is 12.3 Å². The van der Waals surface area contributed by atoms with Gasteiger partial charge < -0.3 is 4.74 Å². The lowest BCUT2D eigenvalue weighted by Crippen LogP contribution is -2.19. The average molecular weight is 286 g/mol. The standard InChI is InChI=1S/C10H8BrNO4/c1-16-10(15)9(14)4-8(13)7-3-2-6(11)5-12-7/h2-3,5H,4H2,1H3. The Labute approximate surface area is 99.9 Å². The number of nitrogens with zero attached hydrogens (tertiary/aromatic N) is 1. The quantitative estimate of drug-likeness (QED) is 0.359. The topological polar surface area (TPSA) is 73.3 Å². The van der Waals surface area contributed by atoms with Gasteiger partial charge in [-0.05, 0) is 28.1 Å². The van der Waals surface area contributed by atoms with Crippen molar-refractivity contribution in [3.8, 4) is 0 Å². The van der Waals surface area contributed by atoms with Gasteiger partial charge in [0.25, 0.3) is 0 Å². The number of hydrogen-bond acceptors (Lipinski definition) is 5. The molecule has 0 aliphatic carbocycles. The van der Waals surface area contributed by atoms with Crippen LogP contribution in [-0.4, -0.2) is 29.6 Å². The number of carbonyl (C=O) groups is 3. The molecule has 0 radical (unpaired) electrons. The van der Waals surface area contributed by atoms with Crippen molar-refractivity contribution in [1.82, 2.24) is 4.98 Å². The summed E-state index contributed by atoms with van der Waals surface area (Å²) in [6.07, 6.45) is 0.914. The molecule has 0 aliphatic rings. The van der Waals surface area contributed by atoms with Gasteiger partial charge in [-0.15, -0.1) is 0 Å². The average Bonchev–Trinajstić information content (AvgIpc) is 2.28. The Morgan fingerprint density at radius 3 is 2.56 bits per heavy atom. The van der Waals surface area contributed by atoms with Gasteiger partial charge in [0.15, 0.2) is 5.78 Å². The van der Waals surface area contributed by atoms with E-state index in [9.17, 15) is 14.4 Å². The van der Waals surface area contributed by atoms with E-state index in [1.54, 1.807) is 6.07 Å². The minimum atomic E-state index is -1.02. The second-order valence-electron chi connectivity index (χ2n) is 2.88. The molecule has 1 aromatic heterocycles. The first-order valence-electron chi connectivity index (χ1n) is 4.30. The van der Waals surface area contributed by atoms with E-state index in [4.69, 9.17) is 0 Å². The third-order valence-corrected chi connectivity index (χ3v) is 2.22. The monoisotopic (exact) mass is 285 g/mol. The summed E-state index contributed by atoms with van der Waals surface area (Å²) < 4.78 is 4.92. The normalized spacial score (nSPS) is 9.62. The van der Waals surface area contributed by atoms with Gasteiger partial charge >= 0.3 is 5.97 Å². The molecule has 0 N–H and O–H groups in total. The summed E-state index contributed by atoms with van der Waals surface area (Å²) in [5, 5.41) is 0. The van der Waals surface area contributed by atoms with Gasteiger partial charge in [0.05, 0.1) is 13.5 Å². The molecule has 16 heavy (non-hydrogen) atoms. The number of rotatable bonds is 4. The van der Waals surface area contributed by atoms with Gasteiger partial charge in [0.1, 0.15) is 5.69 Å². The van der Waals surface area contributed by atoms with Crippen molar-refractivity contribution in [2.45, 2.75) is 6.42 Å². The molecule has 0 fully saturated rings. The molecule has 1 aromatic rings. The highest BCUT2D eigenvalue weighted by Crippen LogP contribution is 2.09. The van der Waals surface area contributed by atoms with Gasteiger partial charge in [0.2, 0.25) is 5.78 Å². The van der Waals surface area contributed by atoms with Crippen molar-refractivity contribution in [3.63, 3.8) is 0 Å². The van der Waals surface area contributed by atoms with Crippen molar-refractivity contribution < 1.29 is 19.1 Å². The molecular weight excluding hydrogens is 278 g/mol. The Balaban J connectivity index is 2.69. The molecule has 1 heterocycles. The largest absolute Gasteiger partial charge is 0.463 e. The van der Waals surface area contributed by atoms with E-state index in [0.717, 1.165) is 11.6 Å². The maximum absolute atomic E-state index is 11.5. The summed E-state index contributed by atoms with van der Waals surface area (Å²) in [6.45, 7) is 0. The van der Waals surface area contributed by atoms with Crippen molar-refractivity contribution in [2.24, 2.45) is 0 Å². The molecule has 5 nitrogen and oxygen atoms in total. The molecule has 1 rings (SSSR count). The van der Waals surface area contributed by atoms with Crippen LogP contribution in [0.2, 0.25) is 0 Å². The Kier molecular flexibility index (Phi) is 4.30. The number of aromatic nitrogens is 1. The first-order chi connectivity index (χ1) is 7.54. The summed E-state index contributed by atoms with van der Waals surface area (Å²) >= 11 is 3.16. The lowest BCUT2D eigenvalue weighted by molar-refractivity contribution is -0.151. The van der Waals surface area contributed by atoms with E-state index >= 15 is 0 Å². The van der Waals surface area contributed by atoms with Crippen LogP contribution in [0.1, 0.15) is 16.9 Å². The number of carbonyl (C=O) groups excluding carboxylic acids is 3. The molecule has 0 aromatic carbocycles. The van der Waals surface area contributed by atoms with Crippen LogP contribution in [0.15, 0.2) is 22.8 Å². The molecule has 0 amide bonds. The maximum Gasteiger partial charge on any atom is 0.374 e. The maximum atomic E-state index is 11.5. The number of Topliss-reactive ketones (excluding diaryl/α,β-unsaturated/α-hetero) is 2. The summed E-state index contributed by atoms with van der Waals surface area (Å²) in [6, 6.07) is 3.10. The predicted molar refractivity (Wildman–Crippen MR) is 57.9 cm³/mol. The molecule has 0 bridgehead atoms. The van der Waals surface area contributed by atoms with Gasteiger partial charge in [-0.2, -0.15) is 0 Å². The fourth-order valence-electron chi connectivity index (χ4n) is 0.963. The smallest absolute Gasteiger partial charge is 0.374 e. The summed E-state index contributed by atoms with van der Waals surface area (Å²) in [5.41, 5.74) is 0.139. The molecular formula is C10H8BrNO4. The van der Waals surface area contributed by atoms with Crippen LogP contribution < -0.4 is 0 Å². The van der Waals surface area contributed by atoms with E-state index < -0.39 is 24.0 Å². The fourth-order valence-corrected chi connectivity index (χ4v) is 1.20. The fraction of sp³-hybridized carbons (Fsp3) is 0.200. The van der Waals surface area contributed by atoms with Crippen LogP contribution in [0.3, 0.4) is 0 Å². The number of methoxy groups -OCH3 is 1. The van der Waals surface area contributed by atoms with Crippen LogP contribution in [0, 0.1) is 0 Å². The van der Waals surface area contributed by atoms with Crippen LogP contribution >= 0.6 is 15.9 Å². The molecule has 0 aliphatic heterocycles. The Bertz CT molecular complexity index is 427. The summed E-state index contributed by atoms with van der Waals surface area (Å²) in [7, 11) is 1.09. The minimum Gasteiger partial charge on any atom is -0.463 e. The molecule has 0 spiro atoms. The number of halogens is 1. The van der Waals surface area contributed by atoms with Crippen LogP contribution in [0.4, 0.5) is 0 Å². The molecule has 0 atom stereocenters. The molecule has 6 heteroatoms. The van der Waals surface area contributed by atoms with Gasteiger partial charge in [-0.3, -0.25) is 14.6 Å². The van der Waals surface area contributed by atoms with Crippen molar-refractivity contribution in [1.29, 1.82) is 0 Å². The highest BCUT2D eigenvalue weighted by atomic mass is 79.9. The molecule has 0 saturated heterocycles. The number of hydrogen-bond donors (Lipinski definition) is 0. The van der Waals surface area contributed by atoms with Crippen molar-refractivity contribution in [3.05, 3.63) is 28.5 Å². The summed E-state index contributed by atoms with van der Waals surface area (Å²) in [5.74, 6) is -2.41. The van der Waals surface area contributed by atoms with Crippen LogP contribution in [0.5, 0.6) is 0 Å². The Hall–Kier alpha value is -1.56. The first-order valence-corrected chi connectivity index (χ1v) is 5.09. The second kappa shape index (κ2) is 5.50. The molecule has 0 unspecified atom stereocenters. The van der Waals surface area contributed by atoms with E-state index in [-0.39, 0.29) is 5.69 Å². The SMILES string of the molecule is COC(=O)C(=O)CC(=O)c1ccc(Br)cn1. The third-order valence-electron chi connectivity index (χ3n) is 1.75. The predicted octanol–water partition coefficient (Wildman–Crippen LogP) is 1.16. The zero-order valence-corrected chi connectivity index (χ0v) is 9.98. The third kappa shape index (κ3) is 3.23. The molecule has 84 valence electrons. The number of esters is 1. The van der Waals surface area contributed by atoms with Crippen molar-refractivity contribution in [2.75, 3.05) is 7.11 Å². The van der Waals surface area contributed by atoms with Gasteiger partial charge in [0, 0.05) is 10.7 Å².